The van der Waals surface area contributed by atoms with Crippen molar-refractivity contribution in [1.29, 1.82) is 0 Å². The second-order valence-electron chi connectivity index (χ2n) is 5.85. The summed E-state index contributed by atoms with van der Waals surface area (Å²) in [6, 6.07) is 12.1. The van der Waals surface area contributed by atoms with Crippen molar-refractivity contribution in [3.8, 4) is 11.9 Å². The summed E-state index contributed by atoms with van der Waals surface area (Å²) in [5, 5.41) is 2.51. The molecule has 0 aliphatic rings. The number of halogens is 1. The summed E-state index contributed by atoms with van der Waals surface area (Å²) in [7, 11) is -1.29. The van der Waals surface area contributed by atoms with Gasteiger partial charge in [-0.25, -0.2) is 12.8 Å². The van der Waals surface area contributed by atoms with Gasteiger partial charge in [-0.3, -0.25) is 9.52 Å². The predicted octanol–water partition coefficient (Wildman–Crippen LogP) is 2.69. The van der Waals surface area contributed by atoms with E-state index in [2.05, 4.69) is 20.0 Å². The molecule has 3 aromatic rings. The minimum atomic E-state index is -3.99. The summed E-state index contributed by atoms with van der Waals surface area (Å²) in [5.41, 5.74) is 0.176. The SMILES string of the molecule is COc1cc(NS(=O)(=O)c2ccc(NC(=O)c3ccccc3F)cc2)nc(OC)n1. The van der Waals surface area contributed by atoms with Crippen molar-refractivity contribution in [3.63, 3.8) is 0 Å². The van der Waals surface area contributed by atoms with E-state index in [0.29, 0.717) is 5.69 Å². The molecule has 0 unspecified atom stereocenters. The first-order chi connectivity index (χ1) is 14.3. The third-order valence-corrected chi connectivity index (χ3v) is 5.22. The van der Waals surface area contributed by atoms with Gasteiger partial charge >= 0.3 is 6.01 Å². The molecule has 30 heavy (non-hydrogen) atoms. The van der Waals surface area contributed by atoms with Crippen molar-refractivity contribution >= 4 is 27.4 Å². The first-order valence-corrected chi connectivity index (χ1v) is 9.96. The number of nitrogens with one attached hydrogen (secondary N) is 2. The molecule has 0 fully saturated rings. The third kappa shape index (κ3) is 4.81. The van der Waals surface area contributed by atoms with Gasteiger partial charge in [0.15, 0.2) is 5.82 Å². The number of hydrogen-bond acceptors (Lipinski definition) is 7. The van der Waals surface area contributed by atoms with Gasteiger partial charge in [0.25, 0.3) is 15.9 Å². The summed E-state index contributed by atoms with van der Waals surface area (Å²) >= 11 is 0. The van der Waals surface area contributed by atoms with Crippen molar-refractivity contribution < 1.29 is 27.1 Å². The van der Waals surface area contributed by atoms with E-state index in [1.165, 1.54) is 68.8 Å². The summed E-state index contributed by atoms with van der Waals surface area (Å²) in [6.45, 7) is 0. The van der Waals surface area contributed by atoms with Crippen molar-refractivity contribution in [2.75, 3.05) is 24.3 Å². The second kappa shape index (κ2) is 8.74. The van der Waals surface area contributed by atoms with Crippen LogP contribution in [0.25, 0.3) is 0 Å². The van der Waals surface area contributed by atoms with Gasteiger partial charge in [-0.2, -0.15) is 9.97 Å². The maximum absolute atomic E-state index is 13.7. The van der Waals surface area contributed by atoms with Gasteiger partial charge in [0.05, 0.1) is 24.7 Å². The van der Waals surface area contributed by atoms with E-state index in [0.717, 1.165) is 0 Å². The molecule has 11 heteroatoms. The molecule has 0 spiro atoms. The summed E-state index contributed by atoms with van der Waals surface area (Å²) in [6.07, 6.45) is 0. The highest BCUT2D eigenvalue weighted by molar-refractivity contribution is 7.92. The molecule has 0 atom stereocenters. The Balaban J connectivity index is 1.77. The Kier molecular flexibility index (Phi) is 6.11. The zero-order valence-corrected chi connectivity index (χ0v) is 16.7. The maximum Gasteiger partial charge on any atom is 0.321 e. The number of rotatable bonds is 7. The van der Waals surface area contributed by atoms with Crippen molar-refractivity contribution in [2.45, 2.75) is 4.90 Å². The number of methoxy groups -OCH3 is 2. The highest BCUT2D eigenvalue weighted by Crippen LogP contribution is 2.22. The molecule has 1 aromatic heterocycles. The predicted molar refractivity (Wildman–Crippen MR) is 107 cm³/mol. The van der Waals surface area contributed by atoms with Crippen LogP contribution in [-0.2, 0) is 10.0 Å². The van der Waals surface area contributed by atoms with Crippen LogP contribution in [0.1, 0.15) is 10.4 Å². The van der Waals surface area contributed by atoms with Gasteiger partial charge in [-0.15, -0.1) is 0 Å². The summed E-state index contributed by atoms with van der Waals surface area (Å²) < 4.78 is 51.1. The van der Waals surface area contributed by atoms with E-state index in [4.69, 9.17) is 9.47 Å². The lowest BCUT2D eigenvalue weighted by Crippen LogP contribution is -2.16. The maximum atomic E-state index is 13.7. The fourth-order valence-corrected chi connectivity index (χ4v) is 3.40. The highest BCUT2D eigenvalue weighted by Gasteiger charge is 2.17. The Bertz CT molecular complexity index is 1150. The number of carbonyl (C=O) groups is 1. The molecule has 0 aliphatic carbocycles. The van der Waals surface area contributed by atoms with Gasteiger partial charge in [-0.05, 0) is 36.4 Å². The summed E-state index contributed by atoms with van der Waals surface area (Å²) in [4.78, 5) is 19.9. The zero-order valence-electron chi connectivity index (χ0n) is 15.9. The Morgan fingerprint density at radius 2 is 1.70 bits per heavy atom. The number of amides is 1. The molecule has 0 saturated carbocycles. The van der Waals surface area contributed by atoms with E-state index < -0.39 is 21.7 Å². The van der Waals surface area contributed by atoms with E-state index >= 15 is 0 Å². The van der Waals surface area contributed by atoms with Gasteiger partial charge in [-0.1, -0.05) is 12.1 Å². The van der Waals surface area contributed by atoms with E-state index in [9.17, 15) is 17.6 Å². The minimum absolute atomic E-state index is 0.0457. The molecule has 0 radical (unpaired) electrons. The Morgan fingerprint density at radius 3 is 2.33 bits per heavy atom. The molecule has 1 amide bonds. The Labute approximate surface area is 171 Å². The summed E-state index contributed by atoms with van der Waals surface area (Å²) in [5.74, 6) is -1.24. The van der Waals surface area contributed by atoms with Gasteiger partial charge in [0.1, 0.15) is 5.82 Å². The van der Waals surface area contributed by atoms with Gasteiger partial charge < -0.3 is 14.8 Å². The lowest BCUT2D eigenvalue weighted by Gasteiger charge is -2.10. The van der Waals surface area contributed by atoms with Gasteiger partial charge in [0, 0.05) is 11.8 Å². The number of aromatic nitrogens is 2. The van der Waals surface area contributed by atoms with Crippen LogP contribution in [0.3, 0.4) is 0 Å². The molecule has 3 rings (SSSR count). The average molecular weight is 432 g/mol. The van der Waals surface area contributed by atoms with Gasteiger partial charge in [0.2, 0.25) is 5.88 Å². The number of hydrogen-bond donors (Lipinski definition) is 2. The second-order valence-corrected chi connectivity index (χ2v) is 7.53. The molecule has 0 saturated heterocycles. The first kappa shape index (κ1) is 21.0. The van der Waals surface area contributed by atoms with Crippen molar-refractivity contribution in [2.24, 2.45) is 0 Å². The fourth-order valence-electron chi connectivity index (χ4n) is 2.41. The van der Waals surface area contributed by atoms with E-state index in [1.807, 2.05) is 0 Å². The number of nitrogens with zero attached hydrogens (tertiary/aromatic N) is 2. The van der Waals surface area contributed by atoms with Crippen LogP contribution in [0, 0.1) is 5.82 Å². The standard InChI is InChI=1S/C19H17FN4O5S/c1-28-17-11-16(22-19(23-17)29-2)24-30(26,27)13-9-7-12(8-10-13)21-18(25)14-5-3-4-6-15(14)20/h3-11H,1-2H3,(H,21,25)(H,22,23,24). The van der Waals surface area contributed by atoms with Crippen LogP contribution in [0.4, 0.5) is 15.9 Å². The van der Waals surface area contributed by atoms with Crippen LogP contribution < -0.4 is 19.5 Å². The lowest BCUT2D eigenvalue weighted by atomic mass is 10.2. The third-order valence-electron chi connectivity index (χ3n) is 3.85. The number of sulfonamides is 1. The number of benzene rings is 2. The van der Waals surface area contributed by atoms with Crippen molar-refractivity contribution in [3.05, 3.63) is 66.0 Å². The van der Waals surface area contributed by atoms with Crippen LogP contribution in [-0.4, -0.2) is 38.5 Å². The normalized spacial score (nSPS) is 10.9. The largest absolute Gasteiger partial charge is 0.481 e. The molecule has 0 aliphatic heterocycles. The molecular formula is C19H17FN4O5S. The Hall–Kier alpha value is -3.73. The lowest BCUT2D eigenvalue weighted by molar-refractivity contribution is 0.102. The molecule has 1 heterocycles. The van der Waals surface area contributed by atoms with E-state index in [-0.39, 0.29) is 28.2 Å². The smallest absolute Gasteiger partial charge is 0.321 e. The average Bonchev–Trinajstić information content (AvgIpc) is 2.73. The minimum Gasteiger partial charge on any atom is -0.481 e. The molecule has 156 valence electrons. The zero-order chi connectivity index (χ0) is 21.7. The first-order valence-electron chi connectivity index (χ1n) is 8.48. The molecule has 2 aromatic carbocycles. The van der Waals surface area contributed by atoms with Crippen LogP contribution >= 0.6 is 0 Å². The molecule has 2 N–H and O–H groups in total. The highest BCUT2D eigenvalue weighted by atomic mass is 32.2. The topological polar surface area (TPSA) is 120 Å². The number of anilines is 2. The van der Waals surface area contributed by atoms with E-state index in [1.54, 1.807) is 0 Å². The quantitative estimate of drug-likeness (QED) is 0.589. The van der Waals surface area contributed by atoms with Crippen molar-refractivity contribution in [1.82, 2.24) is 9.97 Å². The number of carbonyl (C=O) groups excluding carboxylic acids is 1. The van der Waals surface area contributed by atoms with Crippen LogP contribution in [0.15, 0.2) is 59.5 Å². The monoisotopic (exact) mass is 432 g/mol. The Morgan fingerprint density at radius 1 is 1.00 bits per heavy atom. The molecule has 0 bridgehead atoms. The number of ether oxygens (including phenoxy) is 2. The van der Waals surface area contributed by atoms with Crippen LogP contribution in [0.5, 0.6) is 11.9 Å². The van der Waals surface area contributed by atoms with Crippen LogP contribution in [0.2, 0.25) is 0 Å². The fraction of sp³-hybridized carbons (Fsp3) is 0.105. The molecule has 9 nitrogen and oxygen atoms in total. The molecular weight excluding hydrogens is 415 g/mol.